The number of halogens is 3. The number of benzene rings is 2. The predicted octanol–water partition coefficient (Wildman–Crippen LogP) is 5.25. The van der Waals surface area contributed by atoms with Crippen LogP contribution in [0.15, 0.2) is 46.9 Å². The molecular weight excluding hydrogens is 393 g/mol. The van der Waals surface area contributed by atoms with E-state index < -0.39 is 0 Å². The maximum absolute atomic E-state index is 12.1. The molecule has 0 radical (unpaired) electrons. The van der Waals surface area contributed by atoms with Gasteiger partial charge in [-0.3, -0.25) is 4.79 Å². The average Bonchev–Trinajstić information content (AvgIpc) is 2.39. The lowest BCUT2D eigenvalue weighted by atomic mass is 10.2. The van der Waals surface area contributed by atoms with Crippen molar-refractivity contribution in [1.29, 1.82) is 0 Å². The summed E-state index contributed by atoms with van der Waals surface area (Å²) in [6.07, 6.45) is 0. The second-order valence-electron chi connectivity index (χ2n) is 3.91. The second kappa shape index (κ2) is 6.55. The summed E-state index contributed by atoms with van der Waals surface area (Å²) < 4.78 is 0.843. The quantitative estimate of drug-likeness (QED) is 0.697. The standard InChI is InChI=1S/C14H10Br2ClNO/c15-8-9-1-4-11(5-2-9)18-14(19)12-6-3-10(16)7-13(12)17/h1-7H,8H2,(H,18,19). The molecule has 5 heteroatoms. The average molecular weight is 404 g/mol. The van der Waals surface area contributed by atoms with E-state index >= 15 is 0 Å². The molecule has 0 aliphatic rings. The molecule has 0 aliphatic carbocycles. The number of alkyl halides is 1. The molecular formula is C14H10Br2ClNO. The van der Waals surface area contributed by atoms with Crippen LogP contribution in [0.5, 0.6) is 0 Å². The van der Waals surface area contributed by atoms with Gasteiger partial charge in [0.05, 0.1) is 10.6 Å². The first-order chi connectivity index (χ1) is 9.10. The maximum atomic E-state index is 12.1. The number of amides is 1. The summed E-state index contributed by atoms with van der Waals surface area (Å²) in [4.78, 5) is 12.1. The summed E-state index contributed by atoms with van der Waals surface area (Å²) >= 11 is 12.7. The van der Waals surface area contributed by atoms with E-state index in [1.807, 2.05) is 24.3 Å². The predicted molar refractivity (Wildman–Crippen MR) is 86.2 cm³/mol. The molecule has 0 saturated heterocycles. The number of rotatable bonds is 3. The zero-order chi connectivity index (χ0) is 13.8. The molecule has 1 amide bonds. The lowest BCUT2D eigenvalue weighted by Gasteiger charge is -2.07. The van der Waals surface area contributed by atoms with Gasteiger partial charge in [0.1, 0.15) is 0 Å². The van der Waals surface area contributed by atoms with Gasteiger partial charge in [-0.05, 0) is 35.9 Å². The molecule has 98 valence electrons. The zero-order valence-electron chi connectivity index (χ0n) is 9.79. The Kier molecular flexibility index (Phi) is 5.02. The van der Waals surface area contributed by atoms with Crippen LogP contribution in [0.3, 0.4) is 0 Å². The van der Waals surface area contributed by atoms with E-state index in [9.17, 15) is 4.79 Å². The molecule has 2 aromatic rings. The molecule has 0 aliphatic heterocycles. The fourth-order valence-corrected chi connectivity index (χ4v) is 2.68. The highest BCUT2D eigenvalue weighted by Crippen LogP contribution is 2.22. The molecule has 2 aromatic carbocycles. The van der Waals surface area contributed by atoms with Crippen LogP contribution >= 0.6 is 43.5 Å². The van der Waals surface area contributed by atoms with Crippen molar-refractivity contribution in [2.24, 2.45) is 0 Å². The Balaban J connectivity index is 2.15. The topological polar surface area (TPSA) is 29.1 Å². The van der Waals surface area contributed by atoms with Gasteiger partial charge in [-0.1, -0.05) is 55.6 Å². The third-order valence-corrected chi connectivity index (χ3v) is 4.00. The highest BCUT2D eigenvalue weighted by Gasteiger charge is 2.10. The third kappa shape index (κ3) is 3.81. The number of hydrogen-bond donors (Lipinski definition) is 1. The van der Waals surface area contributed by atoms with Gasteiger partial charge in [0, 0.05) is 15.5 Å². The van der Waals surface area contributed by atoms with Gasteiger partial charge in [-0.25, -0.2) is 0 Å². The molecule has 1 N–H and O–H groups in total. The van der Waals surface area contributed by atoms with Crippen LogP contribution in [0.1, 0.15) is 15.9 Å². The van der Waals surface area contributed by atoms with Gasteiger partial charge in [0.15, 0.2) is 0 Å². The van der Waals surface area contributed by atoms with Crippen LogP contribution in [0.2, 0.25) is 5.02 Å². The minimum Gasteiger partial charge on any atom is -0.322 e. The molecule has 0 bridgehead atoms. The number of carbonyl (C=O) groups is 1. The van der Waals surface area contributed by atoms with Crippen molar-refractivity contribution in [3.63, 3.8) is 0 Å². The molecule has 0 heterocycles. The second-order valence-corrected chi connectivity index (χ2v) is 5.79. The SMILES string of the molecule is O=C(Nc1ccc(CBr)cc1)c1ccc(Br)cc1Cl. The molecule has 0 atom stereocenters. The molecule has 0 saturated carbocycles. The third-order valence-electron chi connectivity index (χ3n) is 2.54. The molecule has 0 spiro atoms. The lowest BCUT2D eigenvalue weighted by Crippen LogP contribution is -2.12. The first kappa shape index (κ1) is 14.6. The van der Waals surface area contributed by atoms with Crippen molar-refractivity contribution in [2.45, 2.75) is 5.33 Å². The van der Waals surface area contributed by atoms with Crippen LogP contribution in [0, 0.1) is 0 Å². The van der Waals surface area contributed by atoms with E-state index in [1.165, 1.54) is 0 Å². The van der Waals surface area contributed by atoms with Crippen molar-refractivity contribution in [2.75, 3.05) is 5.32 Å². The highest BCUT2D eigenvalue weighted by molar-refractivity contribution is 9.10. The van der Waals surface area contributed by atoms with E-state index in [0.29, 0.717) is 10.6 Å². The molecule has 0 fully saturated rings. The van der Waals surface area contributed by atoms with E-state index in [1.54, 1.807) is 18.2 Å². The molecule has 2 rings (SSSR count). The lowest BCUT2D eigenvalue weighted by molar-refractivity contribution is 0.102. The van der Waals surface area contributed by atoms with Crippen molar-refractivity contribution >= 4 is 55.1 Å². The maximum Gasteiger partial charge on any atom is 0.257 e. The van der Waals surface area contributed by atoms with Crippen molar-refractivity contribution in [3.8, 4) is 0 Å². The van der Waals surface area contributed by atoms with Gasteiger partial charge in [0.25, 0.3) is 5.91 Å². The van der Waals surface area contributed by atoms with Crippen molar-refractivity contribution in [1.82, 2.24) is 0 Å². The smallest absolute Gasteiger partial charge is 0.257 e. The number of hydrogen-bond acceptors (Lipinski definition) is 1. The molecule has 2 nitrogen and oxygen atoms in total. The Labute approximate surface area is 133 Å². The Hall–Kier alpha value is -0.840. The van der Waals surface area contributed by atoms with Crippen molar-refractivity contribution in [3.05, 3.63) is 63.1 Å². The zero-order valence-corrected chi connectivity index (χ0v) is 13.7. The van der Waals surface area contributed by atoms with Crippen LogP contribution in [0.4, 0.5) is 5.69 Å². The minimum absolute atomic E-state index is 0.218. The molecule has 19 heavy (non-hydrogen) atoms. The van der Waals surface area contributed by atoms with Crippen LogP contribution in [-0.4, -0.2) is 5.91 Å². The van der Waals surface area contributed by atoms with Gasteiger partial charge in [0.2, 0.25) is 0 Å². The van der Waals surface area contributed by atoms with Gasteiger partial charge in [-0.2, -0.15) is 0 Å². The monoisotopic (exact) mass is 401 g/mol. The largest absolute Gasteiger partial charge is 0.322 e. The summed E-state index contributed by atoms with van der Waals surface area (Å²) in [5.41, 5.74) is 2.35. The number of anilines is 1. The summed E-state index contributed by atoms with van der Waals surface area (Å²) in [7, 11) is 0. The van der Waals surface area contributed by atoms with E-state index in [2.05, 4.69) is 37.2 Å². The van der Waals surface area contributed by atoms with E-state index in [4.69, 9.17) is 11.6 Å². The fourth-order valence-electron chi connectivity index (χ4n) is 1.55. The van der Waals surface area contributed by atoms with E-state index in [0.717, 1.165) is 21.1 Å². The highest BCUT2D eigenvalue weighted by atomic mass is 79.9. The molecule has 0 aromatic heterocycles. The van der Waals surface area contributed by atoms with Crippen LogP contribution < -0.4 is 5.32 Å². The number of carbonyl (C=O) groups excluding carboxylic acids is 1. The normalized spacial score (nSPS) is 10.3. The Morgan fingerprint density at radius 1 is 1.16 bits per heavy atom. The van der Waals surface area contributed by atoms with Gasteiger partial charge in [-0.15, -0.1) is 0 Å². The summed E-state index contributed by atoms with van der Waals surface area (Å²) in [5, 5.41) is 4.03. The van der Waals surface area contributed by atoms with Crippen LogP contribution in [0.25, 0.3) is 0 Å². The summed E-state index contributed by atoms with van der Waals surface area (Å²) in [6.45, 7) is 0. The Morgan fingerprint density at radius 3 is 2.42 bits per heavy atom. The Bertz CT molecular complexity index is 599. The molecule has 0 unspecified atom stereocenters. The fraction of sp³-hybridized carbons (Fsp3) is 0.0714. The summed E-state index contributed by atoms with van der Waals surface area (Å²) in [5.74, 6) is -0.218. The van der Waals surface area contributed by atoms with Gasteiger partial charge >= 0.3 is 0 Å². The summed E-state index contributed by atoms with van der Waals surface area (Å²) in [6, 6.07) is 12.8. The van der Waals surface area contributed by atoms with Crippen molar-refractivity contribution < 1.29 is 4.79 Å². The first-order valence-corrected chi connectivity index (χ1v) is 7.80. The van der Waals surface area contributed by atoms with E-state index in [-0.39, 0.29) is 5.91 Å². The number of nitrogens with one attached hydrogen (secondary N) is 1. The van der Waals surface area contributed by atoms with Crippen LogP contribution in [-0.2, 0) is 5.33 Å². The Morgan fingerprint density at radius 2 is 1.84 bits per heavy atom. The minimum atomic E-state index is -0.218. The van der Waals surface area contributed by atoms with Gasteiger partial charge < -0.3 is 5.32 Å². The first-order valence-electron chi connectivity index (χ1n) is 5.51.